The molecule has 8 heteroatoms. The molecule has 0 spiro atoms. The summed E-state index contributed by atoms with van der Waals surface area (Å²) in [6.07, 6.45) is 1.80. The number of carbonyl (C=O) groups is 1. The zero-order chi connectivity index (χ0) is 39.3. The van der Waals surface area contributed by atoms with Gasteiger partial charge in [-0.25, -0.2) is 8.42 Å². The standard InChI is InChI=1S/C45H61N3O4S/c1-29(2)33-23-39(30(3)4)43(40(24-33)31(5)6)53(50,51)48-36-19-17-35(18-20-36)46-37-14-13-15-38(25-37)47-42(49)28-52-41-21-16-32(26-44(7,8)9)22-34(41)27-45(10,11)12/h13-25,29-31,46,48H,26-28H2,1-12H3,(H,47,49). The molecule has 4 aromatic carbocycles. The van der Waals surface area contributed by atoms with Crippen LogP contribution in [0.15, 0.2) is 83.8 Å². The van der Waals surface area contributed by atoms with Crippen LogP contribution in [0.2, 0.25) is 0 Å². The Morgan fingerprint density at radius 2 is 1.23 bits per heavy atom. The first-order valence-electron chi connectivity index (χ1n) is 18.8. The molecule has 0 bridgehead atoms. The molecular formula is C45H61N3O4S. The first kappa shape index (κ1) is 41.5. The van der Waals surface area contributed by atoms with Gasteiger partial charge in [-0.1, -0.05) is 113 Å². The minimum atomic E-state index is -3.86. The van der Waals surface area contributed by atoms with E-state index in [2.05, 4.69) is 82.9 Å². The van der Waals surface area contributed by atoms with E-state index in [9.17, 15) is 13.2 Å². The SMILES string of the molecule is CC(C)c1cc(C(C)C)c(S(=O)(=O)Nc2ccc(Nc3cccc(NC(=O)COc4ccc(CC(C)(C)C)cc4CC(C)(C)C)c3)cc2)c(C(C)C)c1. The maximum Gasteiger partial charge on any atom is 0.262 e. The Morgan fingerprint density at radius 1 is 0.660 bits per heavy atom. The molecule has 0 unspecified atom stereocenters. The van der Waals surface area contributed by atoms with Gasteiger partial charge in [0, 0.05) is 22.7 Å². The van der Waals surface area contributed by atoms with Crippen LogP contribution in [0.3, 0.4) is 0 Å². The summed E-state index contributed by atoms with van der Waals surface area (Å²) in [5, 5.41) is 6.31. The van der Waals surface area contributed by atoms with Crippen LogP contribution in [0, 0.1) is 10.8 Å². The van der Waals surface area contributed by atoms with Crippen molar-refractivity contribution in [3.05, 3.63) is 107 Å². The van der Waals surface area contributed by atoms with E-state index in [-0.39, 0.29) is 35.2 Å². The third kappa shape index (κ3) is 12.1. The van der Waals surface area contributed by atoms with Crippen molar-refractivity contribution in [1.82, 2.24) is 0 Å². The molecule has 4 aromatic rings. The third-order valence-electron chi connectivity index (χ3n) is 8.86. The summed E-state index contributed by atoms with van der Waals surface area (Å²) in [6, 6.07) is 25.0. The normalized spacial score (nSPS) is 12.4. The molecule has 53 heavy (non-hydrogen) atoms. The molecule has 0 aliphatic rings. The summed E-state index contributed by atoms with van der Waals surface area (Å²) < 4.78 is 36.8. The van der Waals surface area contributed by atoms with Gasteiger partial charge >= 0.3 is 0 Å². The number of rotatable bonds is 14. The predicted octanol–water partition coefficient (Wildman–Crippen LogP) is 11.8. The van der Waals surface area contributed by atoms with E-state index in [0.29, 0.717) is 22.2 Å². The molecule has 0 atom stereocenters. The van der Waals surface area contributed by atoms with Gasteiger partial charge in [0.25, 0.3) is 15.9 Å². The summed E-state index contributed by atoms with van der Waals surface area (Å²) in [5.74, 6) is 0.858. The van der Waals surface area contributed by atoms with Crippen molar-refractivity contribution in [3.63, 3.8) is 0 Å². The molecule has 4 rings (SSSR count). The van der Waals surface area contributed by atoms with Crippen LogP contribution in [0.25, 0.3) is 0 Å². The highest BCUT2D eigenvalue weighted by Crippen LogP contribution is 2.36. The molecule has 0 saturated heterocycles. The molecule has 7 nitrogen and oxygen atoms in total. The second kappa shape index (κ2) is 16.8. The van der Waals surface area contributed by atoms with Crippen LogP contribution in [0.4, 0.5) is 22.7 Å². The van der Waals surface area contributed by atoms with Gasteiger partial charge in [-0.15, -0.1) is 0 Å². The zero-order valence-electron chi connectivity index (χ0n) is 33.9. The summed E-state index contributed by atoms with van der Waals surface area (Å²) in [5.41, 5.74) is 8.08. The average molecular weight is 740 g/mol. The third-order valence-corrected chi connectivity index (χ3v) is 10.4. The molecule has 3 N–H and O–H groups in total. The number of anilines is 4. The first-order chi connectivity index (χ1) is 24.6. The van der Waals surface area contributed by atoms with Crippen molar-refractivity contribution in [2.24, 2.45) is 10.8 Å². The Bertz CT molecular complexity index is 1950. The number of sulfonamides is 1. The molecule has 0 saturated carbocycles. The summed E-state index contributed by atoms with van der Waals surface area (Å²) >= 11 is 0. The maximum atomic E-state index is 13.9. The number of benzene rings is 4. The number of nitrogens with one attached hydrogen (secondary N) is 3. The van der Waals surface area contributed by atoms with Crippen molar-refractivity contribution in [2.75, 3.05) is 22.0 Å². The highest BCUT2D eigenvalue weighted by atomic mass is 32.2. The molecule has 286 valence electrons. The lowest BCUT2D eigenvalue weighted by atomic mass is 9.84. The van der Waals surface area contributed by atoms with Crippen molar-refractivity contribution in [1.29, 1.82) is 0 Å². The first-order valence-corrected chi connectivity index (χ1v) is 20.3. The van der Waals surface area contributed by atoms with E-state index < -0.39 is 10.0 Å². The van der Waals surface area contributed by atoms with Crippen LogP contribution in [-0.2, 0) is 27.7 Å². The topological polar surface area (TPSA) is 96.5 Å². The Kier molecular flexibility index (Phi) is 13.1. The summed E-state index contributed by atoms with van der Waals surface area (Å²) in [6.45, 7) is 25.6. The summed E-state index contributed by atoms with van der Waals surface area (Å²) in [4.78, 5) is 13.4. The van der Waals surface area contributed by atoms with Crippen LogP contribution >= 0.6 is 0 Å². The Hall–Kier alpha value is -4.30. The second-order valence-electron chi connectivity index (χ2n) is 17.6. The van der Waals surface area contributed by atoms with Crippen molar-refractivity contribution in [3.8, 4) is 5.75 Å². The monoisotopic (exact) mass is 739 g/mol. The molecule has 1 amide bonds. The molecule has 0 fully saturated rings. The molecule has 0 aliphatic heterocycles. The lowest BCUT2D eigenvalue weighted by molar-refractivity contribution is -0.118. The van der Waals surface area contributed by atoms with Gasteiger partial charge in [-0.05, 0) is 118 Å². The lowest BCUT2D eigenvalue weighted by Crippen LogP contribution is -2.21. The fourth-order valence-corrected chi connectivity index (χ4v) is 8.17. The molecule has 0 aromatic heterocycles. The van der Waals surface area contributed by atoms with E-state index in [4.69, 9.17) is 4.74 Å². The van der Waals surface area contributed by atoms with Crippen LogP contribution in [-0.4, -0.2) is 20.9 Å². The number of amides is 1. The van der Waals surface area contributed by atoms with E-state index in [1.54, 1.807) is 12.1 Å². The molecular weight excluding hydrogens is 679 g/mol. The summed E-state index contributed by atoms with van der Waals surface area (Å²) in [7, 11) is -3.86. The number of carbonyl (C=O) groups excluding carboxylic acids is 1. The Morgan fingerprint density at radius 3 is 1.77 bits per heavy atom. The van der Waals surface area contributed by atoms with E-state index in [1.807, 2.05) is 82.3 Å². The van der Waals surface area contributed by atoms with Crippen LogP contribution in [0.1, 0.15) is 129 Å². The lowest BCUT2D eigenvalue weighted by Gasteiger charge is -2.23. The van der Waals surface area contributed by atoms with Crippen molar-refractivity contribution < 1.29 is 17.9 Å². The molecule has 0 heterocycles. The van der Waals surface area contributed by atoms with Gasteiger partial charge in [0.15, 0.2) is 6.61 Å². The van der Waals surface area contributed by atoms with Gasteiger partial charge in [0.2, 0.25) is 0 Å². The molecule has 0 aliphatic carbocycles. The van der Waals surface area contributed by atoms with Gasteiger partial charge in [0.1, 0.15) is 5.75 Å². The Balaban J connectivity index is 1.43. The quantitative estimate of drug-likeness (QED) is 0.120. The van der Waals surface area contributed by atoms with Crippen LogP contribution < -0.4 is 20.1 Å². The van der Waals surface area contributed by atoms with E-state index >= 15 is 0 Å². The number of hydrogen-bond donors (Lipinski definition) is 3. The van der Waals surface area contributed by atoms with E-state index in [1.165, 1.54) is 5.56 Å². The second-order valence-corrected chi connectivity index (χ2v) is 19.3. The average Bonchev–Trinajstić information content (AvgIpc) is 3.03. The van der Waals surface area contributed by atoms with Gasteiger partial charge in [-0.3, -0.25) is 9.52 Å². The fourth-order valence-electron chi connectivity index (χ4n) is 6.41. The minimum absolute atomic E-state index is 0.0411. The number of ether oxygens (including phenoxy) is 1. The number of hydrogen-bond acceptors (Lipinski definition) is 5. The minimum Gasteiger partial charge on any atom is -0.483 e. The smallest absolute Gasteiger partial charge is 0.262 e. The van der Waals surface area contributed by atoms with Gasteiger partial charge in [0.05, 0.1) is 4.90 Å². The predicted molar refractivity (Wildman–Crippen MR) is 223 cm³/mol. The largest absolute Gasteiger partial charge is 0.483 e. The van der Waals surface area contributed by atoms with Crippen molar-refractivity contribution in [2.45, 2.75) is 119 Å². The highest BCUT2D eigenvalue weighted by Gasteiger charge is 2.27. The fraction of sp³-hybridized carbons (Fsp3) is 0.444. The highest BCUT2D eigenvalue weighted by molar-refractivity contribution is 7.92. The van der Waals surface area contributed by atoms with Crippen LogP contribution in [0.5, 0.6) is 5.75 Å². The van der Waals surface area contributed by atoms with Crippen molar-refractivity contribution >= 4 is 38.7 Å². The maximum absolute atomic E-state index is 13.9. The molecule has 0 radical (unpaired) electrons. The van der Waals surface area contributed by atoms with Gasteiger partial charge < -0.3 is 15.4 Å². The Labute approximate surface area is 319 Å². The van der Waals surface area contributed by atoms with Gasteiger partial charge in [-0.2, -0.15) is 0 Å². The van der Waals surface area contributed by atoms with E-state index in [0.717, 1.165) is 52.2 Å². The zero-order valence-corrected chi connectivity index (χ0v) is 34.7.